The Kier molecular flexibility index (Phi) is 6.38. The van der Waals surface area contributed by atoms with Crippen molar-refractivity contribution in [2.75, 3.05) is 26.2 Å². The van der Waals surface area contributed by atoms with Crippen molar-refractivity contribution in [2.45, 2.75) is 32.6 Å². The van der Waals surface area contributed by atoms with Gasteiger partial charge < -0.3 is 10.2 Å². The molecule has 0 aliphatic carbocycles. The number of carbonyl (C=O) groups is 1. The van der Waals surface area contributed by atoms with Crippen LogP contribution in [-0.2, 0) is 6.42 Å². The Hall–Kier alpha value is -2.83. The molecule has 0 unspecified atom stereocenters. The largest absolute Gasteiger partial charge is 0.351 e. The van der Waals surface area contributed by atoms with Crippen molar-refractivity contribution in [1.29, 1.82) is 0 Å². The van der Waals surface area contributed by atoms with Gasteiger partial charge in [0.05, 0.1) is 5.52 Å². The molecule has 0 atom stereocenters. The molecule has 0 radical (unpaired) electrons. The first-order valence-corrected chi connectivity index (χ1v) is 12.6. The van der Waals surface area contributed by atoms with Crippen molar-refractivity contribution in [3.8, 4) is 11.1 Å². The summed E-state index contributed by atoms with van der Waals surface area (Å²) in [4.78, 5) is 21.0. The lowest BCUT2D eigenvalue weighted by molar-refractivity contribution is 0.0956. The molecule has 4 nitrogen and oxygen atoms in total. The van der Waals surface area contributed by atoms with Crippen LogP contribution >= 0.6 is 11.3 Å². The number of hydrogen-bond acceptors (Lipinski definition) is 4. The number of amides is 1. The number of thiophene rings is 1. The van der Waals surface area contributed by atoms with Gasteiger partial charge in [-0.1, -0.05) is 31.2 Å². The van der Waals surface area contributed by atoms with Crippen LogP contribution < -0.4 is 5.32 Å². The minimum Gasteiger partial charge on any atom is -0.351 e. The quantitative estimate of drug-likeness (QED) is 0.342. The summed E-state index contributed by atoms with van der Waals surface area (Å²) in [6.45, 7) is 6.12. The second-order valence-electron chi connectivity index (χ2n) is 8.68. The monoisotopic (exact) mass is 461 g/mol. The number of rotatable bonds is 7. The summed E-state index contributed by atoms with van der Waals surface area (Å²) in [5, 5.41) is 4.77. The minimum absolute atomic E-state index is 0.0725. The van der Waals surface area contributed by atoms with Gasteiger partial charge in [-0.15, -0.1) is 11.3 Å². The Labute approximate surface area is 197 Å². The van der Waals surface area contributed by atoms with Crippen molar-refractivity contribution in [2.24, 2.45) is 0 Å². The maximum atomic E-state index is 14.1. The van der Waals surface area contributed by atoms with Gasteiger partial charge in [-0.05, 0) is 74.6 Å². The van der Waals surface area contributed by atoms with Crippen LogP contribution in [0.15, 0.2) is 48.7 Å². The SMILES string of the molecule is CCc1ccc(-c2c(C(=O)NCCCN3CCCC3)sc3c2cnc2ccc(F)cc23)cc1. The molecule has 6 heteroatoms. The third-order valence-electron chi connectivity index (χ3n) is 6.47. The number of carbonyl (C=O) groups excluding carboxylic acids is 1. The molecule has 5 rings (SSSR count). The third-order valence-corrected chi connectivity index (χ3v) is 7.71. The lowest BCUT2D eigenvalue weighted by atomic mass is 9.99. The van der Waals surface area contributed by atoms with Crippen LogP contribution in [0.3, 0.4) is 0 Å². The summed E-state index contributed by atoms with van der Waals surface area (Å²) >= 11 is 1.43. The number of nitrogens with zero attached hydrogens (tertiary/aromatic N) is 2. The van der Waals surface area contributed by atoms with Crippen molar-refractivity contribution in [3.05, 3.63) is 64.9 Å². The first-order valence-electron chi connectivity index (χ1n) is 11.7. The van der Waals surface area contributed by atoms with Gasteiger partial charge in [0.1, 0.15) is 10.7 Å². The van der Waals surface area contributed by atoms with E-state index in [2.05, 4.69) is 46.4 Å². The summed E-state index contributed by atoms with van der Waals surface area (Å²) in [6.07, 6.45) is 6.26. The van der Waals surface area contributed by atoms with Gasteiger partial charge in [-0.25, -0.2) is 4.39 Å². The number of fused-ring (bicyclic) bond motifs is 3. The van der Waals surface area contributed by atoms with Crippen LogP contribution in [0.1, 0.15) is 41.4 Å². The third kappa shape index (κ3) is 4.50. The molecule has 1 N–H and O–H groups in total. The molecule has 1 saturated heterocycles. The highest BCUT2D eigenvalue weighted by Crippen LogP contribution is 2.41. The highest BCUT2D eigenvalue weighted by Gasteiger charge is 2.22. The second kappa shape index (κ2) is 9.57. The number of hydrogen-bond donors (Lipinski definition) is 1. The average molecular weight is 462 g/mol. The normalized spacial score (nSPS) is 14.4. The van der Waals surface area contributed by atoms with Crippen LogP contribution in [0, 0.1) is 5.82 Å². The number of nitrogens with one attached hydrogen (secondary N) is 1. The van der Waals surface area contributed by atoms with E-state index in [0.717, 1.165) is 51.5 Å². The number of pyridine rings is 1. The van der Waals surface area contributed by atoms with E-state index in [9.17, 15) is 9.18 Å². The Balaban J connectivity index is 1.51. The highest BCUT2D eigenvalue weighted by atomic mass is 32.1. The number of benzene rings is 2. The maximum Gasteiger partial charge on any atom is 0.262 e. The summed E-state index contributed by atoms with van der Waals surface area (Å²) in [5.41, 5.74) is 3.85. The molecule has 1 fully saturated rings. The standard InChI is InChI=1S/C27H28FN3OS/c1-2-18-6-8-19(9-7-18)24-22-17-30-23-11-10-20(28)16-21(23)25(22)33-26(24)27(32)29-12-5-15-31-13-3-4-14-31/h6-11,16-17H,2-5,12-15H2,1H3,(H,29,32). The van der Waals surface area contributed by atoms with E-state index in [-0.39, 0.29) is 11.7 Å². The molecule has 0 spiro atoms. The molecule has 33 heavy (non-hydrogen) atoms. The van der Waals surface area contributed by atoms with Crippen molar-refractivity contribution < 1.29 is 9.18 Å². The van der Waals surface area contributed by atoms with Gasteiger partial charge in [-0.2, -0.15) is 0 Å². The summed E-state index contributed by atoms with van der Waals surface area (Å²) < 4.78 is 15.0. The van der Waals surface area contributed by atoms with Gasteiger partial charge >= 0.3 is 0 Å². The van der Waals surface area contributed by atoms with Gasteiger partial charge in [0, 0.05) is 33.8 Å². The summed E-state index contributed by atoms with van der Waals surface area (Å²) in [7, 11) is 0. The zero-order chi connectivity index (χ0) is 22.8. The maximum absolute atomic E-state index is 14.1. The van der Waals surface area contributed by atoms with E-state index >= 15 is 0 Å². The summed E-state index contributed by atoms with van der Waals surface area (Å²) in [5.74, 6) is -0.372. The fraction of sp³-hybridized carbons (Fsp3) is 0.333. The molecule has 170 valence electrons. The van der Waals surface area contributed by atoms with Gasteiger partial charge in [0.15, 0.2) is 0 Å². The topological polar surface area (TPSA) is 45.2 Å². The highest BCUT2D eigenvalue weighted by molar-refractivity contribution is 7.22. The summed E-state index contributed by atoms with van der Waals surface area (Å²) in [6, 6.07) is 13.0. The molecule has 1 amide bonds. The average Bonchev–Trinajstić information content (AvgIpc) is 3.50. The Bertz CT molecular complexity index is 1290. The lowest BCUT2D eigenvalue weighted by Gasteiger charge is -2.14. The van der Waals surface area contributed by atoms with Crippen molar-refractivity contribution in [1.82, 2.24) is 15.2 Å². The van der Waals surface area contributed by atoms with E-state index in [4.69, 9.17) is 0 Å². The molecule has 1 aliphatic heterocycles. The number of halogens is 1. The molecule has 0 saturated carbocycles. The van der Waals surface area contributed by atoms with Crippen LogP contribution in [-0.4, -0.2) is 42.0 Å². The lowest BCUT2D eigenvalue weighted by Crippen LogP contribution is -2.28. The molecular weight excluding hydrogens is 433 g/mol. The van der Waals surface area contributed by atoms with E-state index in [0.29, 0.717) is 11.4 Å². The molecule has 2 aromatic heterocycles. The van der Waals surface area contributed by atoms with Crippen molar-refractivity contribution >= 4 is 38.2 Å². The van der Waals surface area contributed by atoms with Gasteiger partial charge in [0.25, 0.3) is 5.91 Å². The fourth-order valence-electron chi connectivity index (χ4n) is 4.65. The van der Waals surface area contributed by atoms with Gasteiger partial charge in [-0.3, -0.25) is 9.78 Å². The van der Waals surface area contributed by atoms with Crippen molar-refractivity contribution in [3.63, 3.8) is 0 Å². The second-order valence-corrected chi connectivity index (χ2v) is 9.70. The fourth-order valence-corrected chi connectivity index (χ4v) is 5.89. The first kappa shape index (κ1) is 22.0. The Morgan fingerprint density at radius 3 is 2.67 bits per heavy atom. The van der Waals surface area contributed by atoms with E-state index in [1.54, 1.807) is 6.07 Å². The number of likely N-dealkylation sites (tertiary alicyclic amines) is 1. The Morgan fingerprint density at radius 2 is 1.91 bits per heavy atom. The molecule has 2 aromatic carbocycles. The zero-order valence-corrected chi connectivity index (χ0v) is 19.7. The van der Waals surface area contributed by atoms with Gasteiger partial charge in [0.2, 0.25) is 0 Å². The molecule has 1 aliphatic rings. The predicted molar refractivity (Wildman–Crippen MR) is 135 cm³/mol. The van der Waals surface area contributed by atoms with Crippen LogP contribution in [0.5, 0.6) is 0 Å². The minimum atomic E-state index is -0.299. The number of aryl methyl sites for hydroxylation is 1. The molecular formula is C27H28FN3OS. The predicted octanol–water partition coefficient (Wildman–Crippen LogP) is 6.03. The zero-order valence-electron chi connectivity index (χ0n) is 18.9. The van der Waals surface area contributed by atoms with Crippen LogP contribution in [0.4, 0.5) is 4.39 Å². The molecule has 4 aromatic rings. The first-order chi connectivity index (χ1) is 16.1. The van der Waals surface area contributed by atoms with Crippen LogP contribution in [0.25, 0.3) is 32.1 Å². The van der Waals surface area contributed by atoms with E-state index in [1.165, 1.54) is 55.0 Å². The van der Waals surface area contributed by atoms with E-state index < -0.39 is 0 Å². The van der Waals surface area contributed by atoms with E-state index in [1.807, 2.05) is 6.20 Å². The molecule has 3 heterocycles. The molecule has 0 bridgehead atoms. The van der Waals surface area contributed by atoms with Crippen LogP contribution in [0.2, 0.25) is 0 Å². The Morgan fingerprint density at radius 1 is 1.12 bits per heavy atom. The smallest absolute Gasteiger partial charge is 0.262 e. The number of aromatic nitrogens is 1.